The van der Waals surface area contributed by atoms with Crippen LogP contribution >= 0.6 is 11.3 Å². The van der Waals surface area contributed by atoms with Crippen molar-refractivity contribution in [2.24, 2.45) is 0 Å². The van der Waals surface area contributed by atoms with E-state index < -0.39 is 0 Å². The molecule has 0 amide bonds. The monoisotopic (exact) mass is 255 g/mol. The molecule has 0 fully saturated rings. The minimum absolute atomic E-state index is 0.774. The number of thiazole rings is 1. The molecule has 2 aromatic carbocycles. The first-order valence-electron chi connectivity index (χ1n) is 5.68. The van der Waals surface area contributed by atoms with Crippen molar-refractivity contribution < 1.29 is 0 Å². The molecule has 0 radical (unpaired) electrons. The zero-order valence-corrected chi connectivity index (χ0v) is 10.8. The highest BCUT2D eigenvalue weighted by Gasteiger charge is 2.00. The summed E-state index contributed by atoms with van der Waals surface area (Å²) in [4.78, 5) is 4.27. The summed E-state index contributed by atoms with van der Waals surface area (Å²) in [5.41, 5.74) is 12.7. The number of rotatable bonds is 2. The molecule has 3 nitrogen and oxygen atoms in total. The molecule has 1 aromatic heterocycles. The van der Waals surface area contributed by atoms with E-state index in [0.717, 1.165) is 28.1 Å². The van der Waals surface area contributed by atoms with E-state index in [4.69, 9.17) is 5.73 Å². The molecule has 0 atom stereocenters. The number of nitrogens with two attached hydrogens (primary N) is 1. The lowest BCUT2D eigenvalue weighted by Gasteiger charge is -2.08. The maximum Gasteiger partial charge on any atom is 0.0813 e. The molecule has 0 spiro atoms. The van der Waals surface area contributed by atoms with Crippen molar-refractivity contribution in [3.63, 3.8) is 0 Å². The number of aromatic nitrogens is 1. The fourth-order valence-corrected chi connectivity index (χ4v) is 2.70. The van der Waals surface area contributed by atoms with Crippen molar-refractivity contribution in [1.82, 2.24) is 4.98 Å². The molecule has 0 saturated heterocycles. The van der Waals surface area contributed by atoms with Gasteiger partial charge in [-0.3, -0.25) is 0 Å². The highest BCUT2D eigenvalue weighted by Crippen LogP contribution is 2.25. The van der Waals surface area contributed by atoms with Crippen LogP contribution in [0.4, 0.5) is 17.1 Å². The van der Waals surface area contributed by atoms with Gasteiger partial charge in [0.2, 0.25) is 0 Å². The molecule has 0 aliphatic carbocycles. The van der Waals surface area contributed by atoms with Crippen molar-refractivity contribution >= 4 is 38.6 Å². The first-order chi connectivity index (χ1) is 8.70. The maximum atomic E-state index is 5.84. The Labute approximate surface area is 109 Å². The second-order valence-corrected chi connectivity index (χ2v) is 5.18. The van der Waals surface area contributed by atoms with E-state index >= 15 is 0 Å². The fourth-order valence-electron chi connectivity index (χ4n) is 1.98. The average Bonchev–Trinajstić information content (AvgIpc) is 2.74. The highest BCUT2D eigenvalue weighted by atomic mass is 32.1. The second-order valence-electron chi connectivity index (χ2n) is 4.29. The van der Waals surface area contributed by atoms with Gasteiger partial charge >= 0.3 is 0 Å². The van der Waals surface area contributed by atoms with Crippen molar-refractivity contribution in [3.8, 4) is 0 Å². The molecular formula is C14H13N3S. The molecule has 3 aromatic rings. The van der Waals surface area contributed by atoms with Gasteiger partial charge in [0, 0.05) is 17.1 Å². The minimum atomic E-state index is 0.774. The Bertz CT molecular complexity index is 683. The summed E-state index contributed by atoms with van der Waals surface area (Å²) < 4.78 is 1.18. The minimum Gasteiger partial charge on any atom is -0.399 e. The van der Waals surface area contributed by atoms with Crippen LogP contribution in [0.25, 0.3) is 10.2 Å². The van der Waals surface area contributed by atoms with Crippen LogP contribution in [0.5, 0.6) is 0 Å². The number of nitrogen functional groups attached to an aromatic ring is 1. The van der Waals surface area contributed by atoms with Crippen molar-refractivity contribution in [2.45, 2.75) is 6.92 Å². The van der Waals surface area contributed by atoms with Crippen LogP contribution in [-0.4, -0.2) is 4.98 Å². The highest BCUT2D eigenvalue weighted by molar-refractivity contribution is 7.16. The summed E-state index contributed by atoms with van der Waals surface area (Å²) in [5, 5.41) is 3.37. The Hall–Kier alpha value is -2.07. The number of aryl methyl sites for hydroxylation is 1. The van der Waals surface area contributed by atoms with Crippen LogP contribution in [0.2, 0.25) is 0 Å². The van der Waals surface area contributed by atoms with Crippen molar-refractivity contribution in [3.05, 3.63) is 47.5 Å². The van der Waals surface area contributed by atoms with E-state index in [9.17, 15) is 0 Å². The SMILES string of the molecule is Cc1cc(N)cc(Nc2ccc3ncsc3c2)c1. The topological polar surface area (TPSA) is 50.9 Å². The van der Waals surface area contributed by atoms with Gasteiger partial charge in [0.15, 0.2) is 0 Å². The van der Waals surface area contributed by atoms with Crippen molar-refractivity contribution in [2.75, 3.05) is 11.1 Å². The molecular weight excluding hydrogens is 242 g/mol. The largest absolute Gasteiger partial charge is 0.399 e. The van der Waals surface area contributed by atoms with Gasteiger partial charge in [-0.15, -0.1) is 11.3 Å². The molecule has 0 bridgehead atoms. The fraction of sp³-hybridized carbons (Fsp3) is 0.0714. The lowest BCUT2D eigenvalue weighted by Crippen LogP contribution is -1.93. The summed E-state index contributed by atoms with van der Waals surface area (Å²) in [7, 11) is 0. The molecule has 0 unspecified atom stereocenters. The molecule has 18 heavy (non-hydrogen) atoms. The van der Waals surface area contributed by atoms with E-state index in [2.05, 4.69) is 22.4 Å². The number of hydrogen-bond donors (Lipinski definition) is 2. The van der Waals surface area contributed by atoms with Crippen LogP contribution < -0.4 is 11.1 Å². The van der Waals surface area contributed by atoms with Crippen LogP contribution in [0, 0.1) is 6.92 Å². The third-order valence-corrected chi connectivity index (χ3v) is 3.51. The Kier molecular flexibility index (Phi) is 2.64. The molecule has 3 N–H and O–H groups in total. The molecule has 0 aliphatic rings. The molecule has 0 saturated carbocycles. The zero-order chi connectivity index (χ0) is 12.5. The van der Waals surface area contributed by atoms with Crippen LogP contribution in [-0.2, 0) is 0 Å². The first kappa shape index (κ1) is 11.0. The molecule has 3 rings (SSSR count). The third-order valence-electron chi connectivity index (χ3n) is 2.72. The normalized spacial score (nSPS) is 10.7. The quantitative estimate of drug-likeness (QED) is 0.682. The van der Waals surface area contributed by atoms with E-state index in [-0.39, 0.29) is 0 Å². The molecule has 4 heteroatoms. The van der Waals surface area contributed by atoms with Crippen LogP contribution in [0.1, 0.15) is 5.56 Å². The first-order valence-corrected chi connectivity index (χ1v) is 6.56. The molecule has 1 heterocycles. The lowest BCUT2D eigenvalue weighted by atomic mass is 10.2. The number of nitrogens with zero attached hydrogens (tertiary/aromatic N) is 1. The van der Waals surface area contributed by atoms with E-state index in [0.29, 0.717) is 0 Å². The number of hydrogen-bond acceptors (Lipinski definition) is 4. The Balaban J connectivity index is 1.95. The molecule has 90 valence electrons. The maximum absolute atomic E-state index is 5.84. The van der Waals surface area contributed by atoms with E-state index in [1.807, 2.05) is 36.7 Å². The van der Waals surface area contributed by atoms with Crippen LogP contribution in [0.15, 0.2) is 41.9 Å². The lowest BCUT2D eigenvalue weighted by molar-refractivity contribution is 1.45. The summed E-state index contributed by atoms with van der Waals surface area (Å²) >= 11 is 1.64. The van der Waals surface area contributed by atoms with Gasteiger partial charge in [-0.1, -0.05) is 0 Å². The second kappa shape index (κ2) is 4.31. The Morgan fingerprint density at radius 1 is 1.11 bits per heavy atom. The van der Waals surface area contributed by atoms with Gasteiger partial charge in [0.05, 0.1) is 15.7 Å². The van der Waals surface area contributed by atoms with Crippen LogP contribution in [0.3, 0.4) is 0 Å². The van der Waals surface area contributed by atoms with Gasteiger partial charge in [0.1, 0.15) is 0 Å². The smallest absolute Gasteiger partial charge is 0.0813 e. The number of benzene rings is 2. The van der Waals surface area contributed by atoms with Gasteiger partial charge in [-0.25, -0.2) is 4.98 Å². The summed E-state index contributed by atoms with van der Waals surface area (Å²) in [6.07, 6.45) is 0. The summed E-state index contributed by atoms with van der Waals surface area (Å²) in [6, 6.07) is 12.1. The van der Waals surface area contributed by atoms with E-state index in [1.165, 1.54) is 4.70 Å². The zero-order valence-electron chi connectivity index (χ0n) is 9.97. The Morgan fingerprint density at radius 3 is 2.83 bits per heavy atom. The predicted octanol–water partition coefficient (Wildman–Crippen LogP) is 3.93. The molecule has 0 aliphatic heterocycles. The average molecular weight is 255 g/mol. The Morgan fingerprint density at radius 2 is 2.00 bits per heavy atom. The van der Waals surface area contributed by atoms with Gasteiger partial charge < -0.3 is 11.1 Å². The van der Waals surface area contributed by atoms with Gasteiger partial charge in [-0.2, -0.15) is 0 Å². The number of anilines is 3. The van der Waals surface area contributed by atoms with Crippen molar-refractivity contribution in [1.29, 1.82) is 0 Å². The third kappa shape index (κ3) is 2.15. The summed E-state index contributed by atoms with van der Waals surface area (Å²) in [6.45, 7) is 2.04. The van der Waals surface area contributed by atoms with Gasteiger partial charge in [0.25, 0.3) is 0 Å². The summed E-state index contributed by atoms with van der Waals surface area (Å²) in [5.74, 6) is 0. The standard InChI is InChI=1S/C14H13N3S/c1-9-4-10(15)6-12(5-9)17-11-2-3-13-14(7-11)18-8-16-13/h2-8,17H,15H2,1H3. The van der Waals surface area contributed by atoms with E-state index in [1.54, 1.807) is 11.3 Å². The predicted molar refractivity (Wildman–Crippen MR) is 78.5 cm³/mol. The number of nitrogens with one attached hydrogen (secondary N) is 1. The van der Waals surface area contributed by atoms with Gasteiger partial charge in [-0.05, 0) is 48.9 Å². The number of fused-ring (bicyclic) bond motifs is 1.